The molecule has 1 aliphatic carbocycles. The molecular formula is C97H146FN11O39. The third-order valence-corrected chi connectivity index (χ3v) is 24.0. The van der Waals surface area contributed by atoms with Gasteiger partial charge in [0.05, 0.1) is 187 Å². The van der Waals surface area contributed by atoms with Crippen molar-refractivity contribution < 1.29 is 190 Å². The number of alkyl carbamates (subject to hydrolysis) is 2. The zero-order chi connectivity index (χ0) is 108. The number of esters is 1. The lowest BCUT2D eigenvalue weighted by Gasteiger charge is -2.33. The van der Waals surface area contributed by atoms with Crippen LogP contribution in [0.25, 0.3) is 22.3 Å². The van der Waals surface area contributed by atoms with Crippen LogP contribution in [-0.2, 0) is 132 Å². The summed E-state index contributed by atoms with van der Waals surface area (Å²) < 4.78 is 91.1. The maximum absolute atomic E-state index is 15.6. The number of nitrogens with two attached hydrogens (primary N) is 1. The van der Waals surface area contributed by atoms with E-state index in [9.17, 15) is 119 Å². The van der Waals surface area contributed by atoms with Gasteiger partial charge in [0, 0.05) is 73.0 Å². The van der Waals surface area contributed by atoms with Crippen molar-refractivity contribution in [3.8, 4) is 11.4 Å². The van der Waals surface area contributed by atoms with Crippen molar-refractivity contribution >= 4 is 76.6 Å². The molecule has 51 heteroatoms. The second kappa shape index (κ2) is 63.8. The maximum atomic E-state index is 15.6. The van der Waals surface area contributed by atoms with Crippen LogP contribution in [-0.4, -0.2) is 422 Å². The highest BCUT2D eigenvalue weighted by molar-refractivity contribution is 6.13. The fourth-order valence-corrected chi connectivity index (χ4v) is 16.2. The van der Waals surface area contributed by atoms with E-state index in [-0.39, 0.29) is 253 Å². The van der Waals surface area contributed by atoms with Gasteiger partial charge in [0.15, 0.2) is 5.60 Å². The molecule has 17 atom stereocenters. The molecular weight excluding hydrogens is 1960 g/mol. The molecule has 4 aromatic rings. The van der Waals surface area contributed by atoms with Gasteiger partial charge in [0.1, 0.15) is 123 Å². The Morgan fingerprint density at radius 2 is 1.06 bits per heavy atom. The number of aldehydes is 1. The van der Waals surface area contributed by atoms with E-state index < -0.39 is 187 Å². The lowest BCUT2D eigenvalue weighted by atomic mass is 9.81. The summed E-state index contributed by atoms with van der Waals surface area (Å²) >= 11 is 0. The Labute approximate surface area is 853 Å². The van der Waals surface area contributed by atoms with Gasteiger partial charge in [0.2, 0.25) is 17.7 Å². The first kappa shape index (κ1) is 123. The van der Waals surface area contributed by atoms with Crippen LogP contribution in [0.5, 0.6) is 0 Å². The number of ether oxygens (including phenoxy) is 14. The first-order valence-corrected chi connectivity index (χ1v) is 49.3. The van der Waals surface area contributed by atoms with Crippen LogP contribution in [0.1, 0.15) is 136 Å². The third kappa shape index (κ3) is 40.8. The molecule has 0 bridgehead atoms. The van der Waals surface area contributed by atoms with Gasteiger partial charge in [-0.05, 0) is 118 Å². The highest BCUT2D eigenvalue weighted by Crippen LogP contribution is 2.46. The van der Waals surface area contributed by atoms with E-state index in [0.717, 1.165) is 17.1 Å². The van der Waals surface area contributed by atoms with Gasteiger partial charge in [0.25, 0.3) is 17.4 Å². The van der Waals surface area contributed by atoms with Gasteiger partial charge in [-0.3, -0.25) is 33.7 Å². The van der Waals surface area contributed by atoms with Crippen LogP contribution in [0.3, 0.4) is 0 Å². The molecule has 2 aromatic carbocycles. The summed E-state index contributed by atoms with van der Waals surface area (Å²) in [6, 6.07) is 5.30. The Hall–Kier alpha value is -10.2. The number of urea groups is 1. The molecule has 0 saturated carbocycles. The highest BCUT2D eigenvalue weighted by atomic mass is 19.1. The topological polar surface area (TPSA) is 732 Å². The molecule has 2 aromatic heterocycles. The predicted molar refractivity (Wildman–Crippen MR) is 517 cm³/mol. The van der Waals surface area contributed by atoms with Gasteiger partial charge >= 0.3 is 24.2 Å². The highest BCUT2D eigenvalue weighted by Gasteiger charge is 2.47. The minimum absolute atomic E-state index is 0.00125. The van der Waals surface area contributed by atoms with Crippen molar-refractivity contribution in [2.45, 2.75) is 227 Å². The van der Waals surface area contributed by atoms with Crippen LogP contribution in [0.2, 0.25) is 0 Å². The van der Waals surface area contributed by atoms with E-state index in [0.29, 0.717) is 88.7 Å². The number of unbranched alkanes of at least 4 members (excludes halogenated alkanes) is 3. The summed E-state index contributed by atoms with van der Waals surface area (Å²) in [5.74, 6) is -5.04. The fourth-order valence-electron chi connectivity index (χ4n) is 16.2. The van der Waals surface area contributed by atoms with Crippen LogP contribution >= 0.6 is 0 Å². The first-order chi connectivity index (χ1) is 70.7. The number of aliphatic hydroxyl groups excluding tert-OH is 13. The Balaban J connectivity index is 0.688. The molecule has 0 fully saturated rings. The number of nitrogens with one attached hydrogen (secondary N) is 7. The number of benzene rings is 2. The quantitative estimate of drug-likeness (QED) is 0.00578. The van der Waals surface area contributed by atoms with Crippen molar-refractivity contribution in [3.05, 3.63) is 104 Å². The van der Waals surface area contributed by atoms with Crippen molar-refractivity contribution in [3.63, 3.8) is 0 Å². The lowest BCUT2D eigenvalue weighted by molar-refractivity contribution is -0.172. The number of amides is 9. The number of aliphatic hydroxyl groups is 14. The minimum atomic E-state index is -2.10. The number of primary amides is 1. The standard InChI is InChI=1S/C97H146FN11O39/c1-5-97(134)76-26-81-88-74(28-109(81)91(129)75(76)54-146-92(97)130)86-78(19-18-73-58(4)77(98)27-80(104-88)85(73)86)105-95(133)147-30-59-14-16-60(17-15-59)102-55-96(56-111,22-11-24-100-93(99)131)107-90(128)87(57(2)3)106-89(127)79(103-82(124)13-7-6-10-25-108-83(125)20-21-84(108)126)12-8-9-23-101-94(132)148-53-72(123)52-145-51-71(122)50-144-49-70(121)48-143-47-69(120)46-142-45-68(119)44-141-43-67(118)42-140-41-66(117)40-139-39-65(116)38-138-37-64(115)36-137-35-63(114)34-136-33-62(113)32-135-31-61(112)29-110/h14-17,20-21,26-27,56-57,61-72,78-79,87,102,110,112-123,134H,5-13,18-19,22-25,28-55H2,1-4H3,(H,101,132)(H,103,124)(H,105,133)(H,106,127)(H,107,128)(H3,99,100,131)/t61?,62?,63?,64?,65?,66?,67?,68?,69?,70?,71?,72?,78-,79-,87-,96?,97-/m0/s1. The van der Waals surface area contributed by atoms with Gasteiger partial charge < -0.3 is 190 Å². The number of rotatable bonds is 76. The number of aryl methyl sites for hydroxylation is 1. The minimum Gasteiger partial charge on any atom is -0.458 e. The number of fused-ring (bicyclic) bond motifs is 5. The zero-order valence-electron chi connectivity index (χ0n) is 83.6. The van der Waals surface area contributed by atoms with E-state index in [1.165, 1.54) is 10.6 Å². The number of anilines is 1. The molecule has 148 heavy (non-hydrogen) atoms. The van der Waals surface area contributed by atoms with Gasteiger partial charge in [-0.2, -0.15) is 0 Å². The normalized spacial score (nSPS) is 18.0. The maximum Gasteiger partial charge on any atom is 0.407 e. The van der Waals surface area contributed by atoms with Gasteiger partial charge in [-0.25, -0.2) is 28.6 Å². The molecule has 0 spiro atoms. The van der Waals surface area contributed by atoms with Gasteiger partial charge in [-0.1, -0.05) is 39.3 Å². The first-order valence-electron chi connectivity index (χ1n) is 49.3. The van der Waals surface area contributed by atoms with Crippen LogP contribution in [0.4, 0.5) is 24.5 Å². The van der Waals surface area contributed by atoms with Gasteiger partial charge in [-0.15, -0.1) is 0 Å². The average Bonchev–Trinajstić information content (AvgIpc) is 1.52. The van der Waals surface area contributed by atoms with Crippen molar-refractivity contribution in [2.75, 3.05) is 190 Å². The Kier molecular flexibility index (Phi) is 53.0. The third-order valence-electron chi connectivity index (χ3n) is 24.0. The second-order valence-electron chi connectivity index (χ2n) is 37.1. The number of nitrogens with zero attached hydrogens (tertiary/aromatic N) is 3. The molecule has 50 nitrogen and oxygen atoms in total. The number of halogens is 1. The molecule has 0 radical (unpaired) electrons. The van der Waals surface area contributed by atoms with Crippen molar-refractivity contribution in [1.29, 1.82) is 0 Å². The Bertz CT molecular complexity index is 4940. The smallest absolute Gasteiger partial charge is 0.407 e. The Morgan fingerprint density at radius 1 is 0.581 bits per heavy atom. The summed E-state index contributed by atoms with van der Waals surface area (Å²) in [7, 11) is 0. The molecule has 3 aliphatic heterocycles. The zero-order valence-corrected chi connectivity index (χ0v) is 83.6. The fraction of sp³-hybridized carbons (Fsp3) is 0.670. The summed E-state index contributed by atoms with van der Waals surface area (Å²) in [4.78, 5) is 152. The van der Waals surface area contributed by atoms with E-state index in [4.69, 9.17) is 82.1 Å². The van der Waals surface area contributed by atoms with E-state index in [2.05, 4.69) is 37.2 Å². The molecule has 5 heterocycles. The van der Waals surface area contributed by atoms with Crippen molar-refractivity contribution in [1.82, 2.24) is 46.4 Å². The number of hydrogen-bond acceptors (Lipinski definition) is 41. The number of hydrogen-bond donors (Lipinski definition) is 22. The van der Waals surface area contributed by atoms with Crippen molar-refractivity contribution in [2.24, 2.45) is 11.7 Å². The summed E-state index contributed by atoms with van der Waals surface area (Å²) in [5.41, 5.74) is 5.45. The molecule has 23 N–H and O–H groups in total. The average molecular weight is 2110 g/mol. The van der Waals surface area contributed by atoms with Crippen LogP contribution < -0.4 is 48.5 Å². The summed E-state index contributed by atoms with van der Waals surface area (Å²) in [6.07, 6.45) is -10.5. The number of cyclic esters (lactones) is 1. The summed E-state index contributed by atoms with van der Waals surface area (Å²) in [6.45, 7) is -0.594. The molecule has 9 amide bonds. The molecule has 13 unspecified atom stereocenters. The van der Waals surface area contributed by atoms with Crippen LogP contribution in [0.15, 0.2) is 53.3 Å². The number of pyridine rings is 2. The molecule has 8 rings (SSSR count). The van der Waals surface area contributed by atoms with E-state index in [1.807, 2.05) is 0 Å². The predicted octanol–water partition coefficient (Wildman–Crippen LogP) is -4.13. The number of carbonyl (C=O) groups is 10. The number of imide groups is 1. The summed E-state index contributed by atoms with van der Waals surface area (Å²) in [5, 5.41) is 162. The SMILES string of the molecule is CC[C@@]1(O)C(=O)OCc2c1cc1n(c2=O)Cc2c-1nc1cc(F)c(C)c3c1c2[C@@H](NC(=O)OCc1ccc(NCC(C=O)(CCCNC(N)=O)NC(=O)[C@@H](NC(=O)[C@H](CCCCNC(=O)OCC(O)COCC(O)COCC(O)COCC(O)COCC(O)COCC(O)COCC(O)COCC(O)COCC(O)COCC(O)COCC(O)COCC(O)CO)NC(=O)CCCCCN2C(=O)C=CC2=O)C(C)C)cc1)CC3. The Morgan fingerprint density at radius 3 is 1.53 bits per heavy atom. The lowest BCUT2D eigenvalue weighted by Crippen LogP contribution is -2.62. The monoisotopic (exact) mass is 2110 g/mol. The molecule has 4 aliphatic rings. The molecule has 0 saturated heterocycles. The van der Waals surface area contributed by atoms with E-state index in [1.54, 1.807) is 58.0 Å². The molecule has 830 valence electrons. The second-order valence-corrected chi connectivity index (χ2v) is 37.1. The van der Waals surface area contributed by atoms with E-state index >= 15 is 4.39 Å². The number of carbonyl (C=O) groups excluding carboxylic acids is 10. The van der Waals surface area contributed by atoms with Crippen LogP contribution in [0, 0.1) is 18.7 Å². The number of aromatic nitrogens is 2. The largest absolute Gasteiger partial charge is 0.458 e.